The summed E-state index contributed by atoms with van der Waals surface area (Å²) in [7, 11) is -6.28. The zero-order valence-corrected chi connectivity index (χ0v) is 17.0. The molecular formula is C18H7F10NO5S. The van der Waals surface area contributed by atoms with Gasteiger partial charge in [0.25, 0.3) is 11.8 Å². The molecule has 0 aliphatic carbocycles. The predicted molar refractivity (Wildman–Crippen MR) is 94.5 cm³/mol. The van der Waals surface area contributed by atoms with Crippen LogP contribution < -0.4 is 9.08 Å². The first-order valence-corrected chi connectivity index (χ1v) is 10.1. The molecule has 0 radical (unpaired) electrons. The van der Waals surface area contributed by atoms with Crippen LogP contribution in [0.5, 0.6) is 5.75 Å². The number of halogens is 10. The minimum Gasteiger partial charge on any atom is -0.375 e. The average molecular weight is 539 g/mol. The number of carbonyl (C=O) groups is 2. The lowest BCUT2D eigenvalue weighted by Crippen LogP contribution is -2.50. The highest BCUT2D eigenvalue weighted by Crippen LogP contribution is 2.53. The highest BCUT2D eigenvalue weighted by molar-refractivity contribution is 7.88. The van der Waals surface area contributed by atoms with Crippen LogP contribution in [0.1, 0.15) is 26.3 Å². The smallest absolute Gasteiger partial charge is 0.375 e. The lowest BCUT2D eigenvalue weighted by molar-refractivity contribution is -0.348. The zero-order chi connectivity index (χ0) is 26.8. The standard InChI is InChI=1S/C18H7F10NO5S/c19-15(16(20,21)22,17(23,24)25)8-4-6-9(7-5-8)29-13(30)10-2-1-3-11(12(10)14(29)31)34-35(32,33)18(26,27)28/h1-7H. The molecule has 0 aromatic heterocycles. The van der Waals surface area contributed by atoms with E-state index in [1.807, 2.05) is 0 Å². The molecule has 0 saturated carbocycles. The summed E-state index contributed by atoms with van der Waals surface area (Å²) in [6.45, 7) is 0. The molecule has 2 amide bonds. The maximum atomic E-state index is 14.2. The molecule has 6 nitrogen and oxygen atoms in total. The Morgan fingerprint density at radius 1 is 0.714 bits per heavy atom. The molecule has 0 fully saturated rings. The highest BCUT2D eigenvalue weighted by atomic mass is 32.2. The van der Waals surface area contributed by atoms with Crippen molar-refractivity contribution in [2.24, 2.45) is 0 Å². The van der Waals surface area contributed by atoms with E-state index in [4.69, 9.17) is 0 Å². The molecule has 2 aromatic carbocycles. The van der Waals surface area contributed by atoms with Gasteiger partial charge in [-0.25, -0.2) is 9.29 Å². The molecular weight excluding hydrogens is 532 g/mol. The monoisotopic (exact) mass is 539 g/mol. The number of hydrogen-bond donors (Lipinski definition) is 0. The minimum atomic E-state index is -6.43. The van der Waals surface area contributed by atoms with Gasteiger partial charge in [-0.2, -0.15) is 47.9 Å². The number of rotatable bonds is 4. The lowest BCUT2D eigenvalue weighted by Gasteiger charge is -2.30. The summed E-state index contributed by atoms with van der Waals surface area (Å²) in [5, 5.41) is 0. The van der Waals surface area contributed by atoms with E-state index in [9.17, 15) is 61.9 Å². The molecule has 190 valence electrons. The first kappa shape index (κ1) is 26.2. The third-order valence-electron chi connectivity index (χ3n) is 4.66. The van der Waals surface area contributed by atoms with Gasteiger partial charge >= 0.3 is 33.6 Å². The van der Waals surface area contributed by atoms with Gasteiger partial charge in [0.15, 0.2) is 5.75 Å². The molecule has 1 aliphatic heterocycles. The van der Waals surface area contributed by atoms with Gasteiger partial charge in [-0.1, -0.05) is 18.2 Å². The van der Waals surface area contributed by atoms with E-state index in [0.717, 1.165) is 12.1 Å². The summed E-state index contributed by atoms with van der Waals surface area (Å²) in [6.07, 6.45) is -12.9. The third kappa shape index (κ3) is 4.06. The molecule has 3 rings (SSSR count). The molecule has 0 spiro atoms. The maximum absolute atomic E-state index is 14.2. The van der Waals surface area contributed by atoms with Crippen molar-refractivity contribution < 1.29 is 66.1 Å². The van der Waals surface area contributed by atoms with E-state index in [0.29, 0.717) is 18.2 Å². The number of benzene rings is 2. The van der Waals surface area contributed by atoms with Crippen LogP contribution in [0, 0.1) is 0 Å². The van der Waals surface area contributed by atoms with Crippen molar-refractivity contribution in [3.05, 3.63) is 59.2 Å². The van der Waals surface area contributed by atoms with E-state index in [-0.39, 0.29) is 17.0 Å². The van der Waals surface area contributed by atoms with Gasteiger partial charge in [0.2, 0.25) is 0 Å². The summed E-state index contributed by atoms with van der Waals surface area (Å²) in [6, 6.07) is 3.05. The quantitative estimate of drug-likeness (QED) is 0.237. The number of carbonyl (C=O) groups excluding carboxylic acids is 2. The molecule has 0 bridgehead atoms. The second-order valence-electron chi connectivity index (χ2n) is 6.81. The van der Waals surface area contributed by atoms with Crippen molar-refractivity contribution >= 4 is 27.6 Å². The van der Waals surface area contributed by atoms with Crippen LogP contribution in [0.15, 0.2) is 42.5 Å². The Labute approximate surface area is 187 Å². The van der Waals surface area contributed by atoms with Crippen molar-refractivity contribution in [3.63, 3.8) is 0 Å². The summed E-state index contributed by atoms with van der Waals surface area (Å²) in [5.41, 5.74) is -16.0. The number of amides is 2. The maximum Gasteiger partial charge on any atom is 0.534 e. The highest BCUT2D eigenvalue weighted by Gasteiger charge is 2.73. The number of hydrogen-bond acceptors (Lipinski definition) is 5. The van der Waals surface area contributed by atoms with E-state index in [1.165, 1.54) is 0 Å². The van der Waals surface area contributed by atoms with Gasteiger partial charge < -0.3 is 4.18 Å². The van der Waals surface area contributed by atoms with Crippen molar-refractivity contribution in [2.75, 3.05) is 4.90 Å². The van der Waals surface area contributed by atoms with Crippen LogP contribution in [0.2, 0.25) is 0 Å². The molecule has 0 unspecified atom stereocenters. The van der Waals surface area contributed by atoms with Crippen LogP contribution in [0.25, 0.3) is 0 Å². The van der Waals surface area contributed by atoms with Crippen LogP contribution >= 0.6 is 0 Å². The number of nitrogens with zero attached hydrogens (tertiary/aromatic N) is 1. The molecule has 2 aromatic rings. The van der Waals surface area contributed by atoms with Crippen molar-refractivity contribution in [1.82, 2.24) is 0 Å². The summed E-state index contributed by atoms with van der Waals surface area (Å²) in [4.78, 5) is 25.4. The number of anilines is 1. The Morgan fingerprint density at radius 3 is 1.69 bits per heavy atom. The van der Waals surface area contributed by atoms with Crippen LogP contribution in [0.4, 0.5) is 49.6 Å². The van der Waals surface area contributed by atoms with Gasteiger partial charge in [0.1, 0.15) is 0 Å². The van der Waals surface area contributed by atoms with Crippen molar-refractivity contribution in [3.8, 4) is 5.75 Å². The number of fused-ring (bicyclic) bond motifs is 1. The van der Waals surface area contributed by atoms with Gasteiger partial charge in [0, 0.05) is 5.56 Å². The summed E-state index contributed by atoms with van der Waals surface area (Å²) >= 11 is 0. The first-order chi connectivity index (χ1) is 15.7. The molecule has 0 N–H and O–H groups in total. The number of alkyl halides is 10. The second-order valence-corrected chi connectivity index (χ2v) is 8.35. The fourth-order valence-electron chi connectivity index (χ4n) is 3.05. The normalized spacial score (nSPS) is 15.4. The van der Waals surface area contributed by atoms with E-state index in [1.54, 1.807) is 0 Å². The van der Waals surface area contributed by atoms with Gasteiger partial charge in [-0.15, -0.1) is 0 Å². The third-order valence-corrected chi connectivity index (χ3v) is 5.63. The summed E-state index contributed by atoms with van der Waals surface area (Å²) in [5.74, 6) is -4.05. The number of imide groups is 1. The Bertz CT molecular complexity index is 1280. The predicted octanol–water partition coefficient (Wildman–Crippen LogP) is 5.01. The Morgan fingerprint density at radius 2 is 1.23 bits per heavy atom. The van der Waals surface area contributed by atoms with Gasteiger partial charge in [-0.05, 0) is 24.3 Å². The largest absolute Gasteiger partial charge is 0.534 e. The Balaban J connectivity index is 2.04. The Kier molecular flexibility index (Phi) is 5.86. The SMILES string of the molecule is O=C1c2cccc(OS(=O)(=O)C(F)(F)F)c2C(=O)N1c1ccc(C(F)(C(F)(F)F)C(F)(F)F)cc1. The topological polar surface area (TPSA) is 80.8 Å². The molecule has 35 heavy (non-hydrogen) atoms. The average Bonchev–Trinajstić information content (AvgIpc) is 2.96. The van der Waals surface area contributed by atoms with E-state index >= 15 is 0 Å². The van der Waals surface area contributed by atoms with Gasteiger partial charge in [-0.3, -0.25) is 9.59 Å². The molecule has 17 heteroatoms. The minimum absolute atomic E-state index is 0.00534. The summed E-state index contributed by atoms with van der Waals surface area (Å²) < 4.78 is 156. The fourth-order valence-corrected chi connectivity index (χ4v) is 3.52. The molecule has 1 aliphatic rings. The molecule has 1 heterocycles. The van der Waals surface area contributed by atoms with Crippen LogP contribution in [-0.4, -0.2) is 38.1 Å². The lowest BCUT2D eigenvalue weighted by atomic mass is 9.94. The van der Waals surface area contributed by atoms with E-state index in [2.05, 4.69) is 4.18 Å². The molecule has 0 saturated heterocycles. The zero-order valence-electron chi connectivity index (χ0n) is 16.2. The second kappa shape index (κ2) is 7.82. The van der Waals surface area contributed by atoms with Crippen molar-refractivity contribution in [1.29, 1.82) is 0 Å². The first-order valence-electron chi connectivity index (χ1n) is 8.69. The van der Waals surface area contributed by atoms with Gasteiger partial charge in [0.05, 0.1) is 16.8 Å². The Hall–Kier alpha value is -3.37. The molecule has 0 atom stereocenters. The van der Waals surface area contributed by atoms with Crippen LogP contribution in [0.3, 0.4) is 0 Å². The fraction of sp³-hybridized carbons (Fsp3) is 0.222. The van der Waals surface area contributed by atoms with Crippen molar-refractivity contribution in [2.45, 2.75) is 23.5 Å². The van der Waals surface area contributed by atoms with E-state index < -0.39 is 73.6 Å². The van der Waals surface area contributed by atoms with Crippen LogP contribution in [-0.2, 0) is 15.8 Å².